The van der Waals surface area contributed by atoms with Gasteiger partial charge in [-0.1, -0.05) is 37.6 Å². The zero-order valence-electron chi connectivity index (χ0n) is 11.9. The first-order chi connectivity index (χ1) is 8.06. The Morgan fingerprint density at radius 3 is 2.24 bits per heavy atom. The van der Waals surface area contributed by atoms with Crippen LogP contribution < -0.4 is 0 Å². The van der Waals surface area contributed by atoms with Crippen LogP contribution in [0.3, 0.4) is 0 Å². The van der Waals surface area contributed by atoms with Gasteiger partial charge in [0.2, 0.25) is 0 Å². The standard InChI is InChI=1S/C15H26N2/c1-6-9-15(17(4)5)14-11-8-7-10-13(14)12-16(2)3/h7-8,10-11,15H,6,9,12H2,1-5H3/t15-/m1/s1. The molecular formula is C15H26N2. The summed E-state index contributed by atoms with van der Waals surface area (Å²) >= 11 is 0. The maximum absolute atomic E-state index is 2.33. The van der Waals surface area contributed by atoms with Gasteiger partial charge in [0.05, 0.1) is 0 Å². The molecule has 0 fully saturated rings. The van der Waals surface area contributed by atoms with Crippen molar-refractivity contribution in [3.8, 4) is 0 Å². The molecular weight excluding hydrogens is 208 g/mol. The largest absolute Gasteiger partial charge is 0.305 e. The summed E-state index contributed by atoms with van der Waals surface area (Å²) in [6, 6.07) is 9.36. The summed E-state index contributed by atoms with van der Waals surface area (Å²) in [5, 5.41) is 0. The third-order valence-electron chi connectivity index (χ3n) is 3.09. The molecule has 0 unspecified atom stereocenters. The summed E-state index contributed by atoms with van der Waals surface area (Å²) in [6.45, 7) is 3.27. The molecule has 1 atom stereocenters. The van der Waals surface area contributed by atoms with Crippen molar-refractivity contribution in [2.75, 3.05) is 28.2 Å². The van der Waals surface area contributed by atoms with E-state index in [-0.39, 0.29) is 0 Å². The molecule has 0 saturated carbocycles. The monoisotopic (exact) mass is 234 g/mol. The average molecular weight is 234 g/mol. The van der Waals surface area contributed by atoms with E-state index in [1.54, 1.807) is 0 Å². The first-order valence-corrected chi connectivity index (χ1v) is 6.45. The molecule has 2 nitrogen and oxygen atoms in total. The second-order valence-electron chi connectivity index (χ2n) is 5.20. The predicted octanol–water partition coefficient (Wildman–Crippen LogP) is 3.15. The van der Waals surface area contributed by atoms with Gasteiger partial charge >= 0.3 is 0 Å². The maximum atomic E-state index is 2.33. The fourth-order valence-electron chi connectivity index (χ4n) is 2.31. The van der Waals surface area contributed by atoms with Gasteiger partial charge < -0.3 is 9.80 Å². The summed E-state index contributed by atoms with van der Waals surface area (Å²) in [5.41, 5.74) is 2.93. The minimum Gasteiger partial charge on any atom is -0.305 e. The van der Waals surface area contributed by atoms with Gasteiger partial charge in [-0.2, -0.15) is 0 Å². The highest BCUT2D eigenvalue weighted by Crippen LogP contribution is 2.27. The van der Waals surface area contributed by atoms with E-state index < -0.39 is 0 Å². The van der Waals surface area contributed by atoms with E-state index in [9.17, 15) is 0 Å². The molecule has 0 aliphatic carbocycles. The predicted molar refractivity (Wildman–Crippen MR) is 75.2 cm³/mol. The highest BCUT2D eigenvalue weighted by Gasteiger charge is 2.16. The van der Waals surface area contributed by atoms with Gasteiger partial charge in [0.1, 0.15) is 0 Å². The van der Waals surface area contributed by atoms with Crippen LogP contribution in [0.2, 0.25) is 0 Å². The lowest BCUT2D eigenvalue weighted by Crippen LogP contribution is -2.22. The molecule has 0 saturated heterocycles. The molecule has 0 aliphatic heterocycles. The first-order valence-electron chi connectivity index (χ1n) is 6.45. The molecule has 0 bridgehead atoms. The Morgan fingerprint density at radius 1 is 1.06 bits per heavy atom. The Kier molecular flexibility index (Phi) is 5.66. The lowest BCUT2D eigenvalue weighted by atomic mass is 9.96. The van der Waals surface area contributed by atoms with Gasteiger partial charge in [0, 0.05) is 12.6 Å². The fraction of sp³-hybridized carbons (Fsp3) is 0.600. The SMILES string of the molecule is CCC[C@H](c1ccccc1CN(C)C)N(C)C. The first kappa shape index (κ1) is 14.2. The van der Waals surface area contributed by atoms with Gasteiger partial charge in [-0.3, -0.25) is 0 Å². The maximum Gasteiger partial charge on any atom is 0.0345 e. The van der Waals surface area contributed by atoms with Crippen molar-refractivity contribution in [1.29, 1.82) is 0 Å². The minimum atomic E-state index is 0.538. The van der Waals surface area contributed by atoms with Crippen LogP contribution in [0.4, 0.5) is 0 Å². The molecule has 0 heterocycles. The van der Waals surface area contributed by atoms with Crippen molar-refractivity contribution in [2.45, 2.75) is 32.4 Å². The van der Waals surface area contributed by atoms with Crippen LogP contribution in [-0.4, -0.2) is 38.0 Å². The molecule has 96 valence electrons. The van der Waals surface area contributed by atoms with Crippen LogP contribution in [0.25, 0.3) is 0 Å². The van der Waals surface area contributed by atoms with Crippen LogP contribution in [0.15, 0.2) is 24.3 Å². The van der Waals surface area contributed by atoms with Gasteiger partial charge in [-0.05, 0) is 45.7 Å². The van der Waals surface area contributed by atoms with Crippen LogP contribution in [0.5, 0.6) is 0 Å². The molecule has 0 N–H and O–H groups in total. The van der Waals surface area contributed by atoms with Crippen molar-refractivity contribution in [1.82, 2.24) is 9.80 Å². The summed E-state index contributed by atoms with van der Waals surface area (Å²) in [4.78, 5) is 4.56. The molecule has 0 aliphatic rings. The van der Waals surface area contributed by atoms with Crippen molar-refractivity contribution >= 4 is 0 Å². The quantitative estimate of drug-likeness (QED) is 0.746. The third kappa shape index (κ3) is 4.14. The van der Waals surface area contributed by atoms with E-state index in [4.69, 9.17) is 0 Å². The molecule has 0 radical (unpaired) electrons. The highest BCUT2D eigenvalue weighted by molar-refractivity contribution is 5.30. The summed E-state index contributed by atoms with van der Waals surface area (Å²) in [6.07, 6.45) is 2.44. The third-order valence-corrected chi connectivity index (χ3v) is 3.09. The molecule has 0 aromatic heterocycles. The molecule has 1 aromatic rings. The molecule has 2 heteroatoms. The zero-order valence-corrected chi connectivity index (χ0v) is 11.9. The average Bonchev–Trinajstić information content (AvgIpc) is 2.26. The lowest BCUT2D eigenvalue weighted by Gasteiger charge is -2.27. The molecule has 1 aromatic carbocycles. The molecule has 1 rings (SSSR count). The zero-order chi connectivity index (χ0) is 12.8. The Hall–Kier alpha value is -0.860. The van der Waals surface area contributed by atoms with E-state index in [1.807, 2.05) is 0 Å². The van der Waals surface area contributed by atoms with Gasteiger partial charge in [-0.25, -0.2) is 0 Å². The van der Waals surface area contributed by atoms with Gasteiger partial charge in [0.15, 0.2) is 0 Å². The van der Waals surface area contributed by atoms with Crippen molar-refractivity contribution in [3.05, 3.63) is 35.4 Å². The number of benzene rings is 1. The van der Waals surface area contributed by atoms with E-state index in [2.05, 4.69) is 69.2 Å². The number of hydrogen-bond donors (Lipinski definition) is 0. The smallest absolute Gasteiger partial charge is 0.0345 e. The van der Waals surface area contributed by atoms with E-state index in [0.717, 1.165) is 6.54 Å². The van der Waals surface area contributed by atoms with Crippen LogP contribution in [0, 0.1) is 0 Å². The van der Waals surface area contributed by atoms with Gasteiger partial charge in [0.25, 0.3) is 0 Å². The van der Waals surface area contributed by atoms with Crippen LogP contribution in [0.1, 0.15) is 36.9 Å². The summed E-state index contributed by atoms with van der Waals surface area (Å²) in [7, 11) is 8.60. The van der Waals surface area contributed by atoms with E-state index in [0.29, 0.717) is 6.04 Å². The topological polar surface area (TPSA) is 6.48 Å². The van der Waals surface area contributed by atoms with E-state index >= 15 is 0 Å². The van der Waals surface area contributed by atoms with E-state index in [1.165, 1.54) is 24.0 Å². The summed E-state index contributed by atoms with van der Waals surface area (Å²) < 4.78 is 0. The second-order valence-corrected chi connectivity index (χ2v) is 5.20. The lowest BCUT2D eigenvalue weighted by molar-refractivity contribution is 0.278. The highest BCUT2D eigenvalue weighted by atomic mass is 15.1. The molecule has 0 amide bonds. The Labute approximate surface area is 106 Å². The minimum absolute atomic E-state index is 0.538. The Bertz CT molecular complexity index is 331. The van der Waals surface area contributed by atoms with Crippen LogP contribution in [-0.2, 0) is 6.54 Å². The number of nitrogens with zero attached hydrogens (tertiary/aromatic N) is 2. The second kappa shape index (κ2) is 6.77. The Morgan fingerprint density at radius 2 is 1.71 bits per heavy atom. The summed E-state index contributed by atoms with van der Waals surface area (Å²) in [5.74, 6) is 0. The van der Waals surface area contributed by atoms with Crippen molar-refractivity contribution in [3.63, 3.8) is 0 Å². The van der Waals surface area contributed by atoms with Crippen LogP contribution >= 0.6 is 0 Å². The van der Waals surface area contributed by atoms with Crippen molar-refractivity contribution in [2.24, 2.45) is 0 Å². The number of rotatable bonds is 6. The number of hydrogen-bond acceptors (Lipinski definition) is 2. The molecule has 0 spiro atoms. The van der Waals surface area contributed by atoms with Crippen molar-refractivity contribution < 1.29 is 0 Å². The normalized spacial score (nSPS) is 13.4. The fourth-order valence-corrected chi connectivity index (χ4v) is 2.31. The molecule has 17 heavy (non-hydrogen) atoms. The Balaban J connectivity index is 3.00. The van der Waals surface area contributed by atoms with Gasteiger partial charge in [-0.15, -0.1) is 0 Å².